The first-order valence-corrected chi connectivity index (χ1v) is 17.8. The van der Waals surface area contributed by atoms with E-state index in [4.69, 9.17) is 14.9 Å². The van der Waals surface area contributed by atoms with Crippen LogP contribution in [0.2, 0.25) is 0 Å². The van der Waals surface area contributed by atoms with Crippen molar-refractivity contribution in [2.45, 2.75) is 45.1 Å². The Labute approximate surface area is 273 Å². The molecule has 3 aliphatic rings. The molecule has 10 nitrogen and oxygen atoms in total. The lowest BCUT2D eigenvalue weighted by Gasteiger charge is -2.40. The van der Waals surface area contributed by atoms with E-state index < -0.39 is 10.2 Å². The minimum atomic E-state index is -4.14. The fourth-order valence-electron chi connectivity index (χ4n) is 6.72. The topological polar surface area (TPSA) is 121 Å². The Kier molecular flexibility index (Phi) is 9.55. The highest BCUT2D eigenvalue weighted by molar-refractivity contribution is 9.10. The van der Waals surface area contributed by atoms with Crippen molar-refractivity contribution in [1.82, 2.24) is 19.7 Å². The Morgan fingerprint density at radius 2 is 1.69 bits per heavy atom. The second-order valence-electron chi connectivity index (χ2n) is 12.2. The number of amidine groups is 1. The number of aryl methyl sites for hydroxylation is 3. The number of piperazine rings is 1. The number of aromatic nitrogens is 1. The van der Waals surface area contributed by atoms with Gasteiger partial charge in [0.05, 0.1) is 11.7 Å². The zero-order valence-electron chi connectivity index (χ0n) is 25.4. The molecule has 6 rings (SSSR count). The lowest BCUT2D eigenvalue weighted by atomic mass is 9.92. The molecule has 0 spiro atoms. The molecule has 3 heterocycles. The van der Waals surface area contributed by atoms with Gasteiger partial charge < -0.3 is 14.5 Å². The Balaban J connectivity index is 1.07. The van der Waals surface area contributed by atoms with Crippen molar-refractivity contribution in [1.29, 1.82) is 0 Å². The van der Waals surface area contributed by atoms with Gasteiger partial charge in [0.15, 0.2) is 0 Å². The number of carbonyl (C=O) groups is 1. The number of likely N-dealkylation sites (tertiary alicyclic amines) is 1. The summed E-state index contributed by atoms with van der Waals surface area (Å²) in [6.07, 6.45) is 5.77. The number of pyridine rings is 1. The minimum absolute atomic E-state index is 0.0386. The van der Waals surface area contributed by atoms with E-state index in [1.54, 1.807) is 29.2 Å². The molecule has 1 atom stereocenters. The van der Waals surface area contributed by atoms with Crippen molar-refractivity contribution in [3.63, 3.8) is 0 Å². The average Bonchev–Trinajstić information content (AvgIpc) is 3.17. The average molecular weight is 696 g/mol. The van der Waals surface area contributed by atoms with Crippen LogP contribution in [0, 0.1) is 12.8 Å². The molecular formula is C33H39BrN6O4S. The molecule has 0 saturated carbocycles. The number of piperidine rings is 1. The van der Waals surface area contributed by atoms with Crippen molar-refractivity contribution in [2.75, 3.05) is 39.3 Å². The van der Waals surface area contributed by atoms with Crippen molar-refractivity contribution >= 4 is 38.1 Å². The molecule has 0 bridgehead atoms. The number of hydrogen-bond acceptors (Lipinski definition) is 6. The predicted octanol–water partition coefficient (Wildman–Crippen LogP) is 4.23. The zero-order valence-corrected chi connectivity index (χ0v) is 27.8. The Morgan fingerprint density at radius 3 is 2.40 bits per heavy atom. The van der Waals surface area contributed by atoms with Crippen LogP contribution in [0.15, 0.2) is 69.7 Å². The second-order valence-corrected chi connectivity index (χ2v) is 14.3. The summed E-state index contributed by atoms with van der Waals surface area (Å²) in [5, 5.41) is 5.22. The van der Waals surface area contributed by atoms with Crippen molar-refractivity contribution in [3.05, 3.63) is 93.2 Å². The molecule has 2 saturated heterocycles. The zero-order chi connectivity index (χ0) is 31.6. The lowest BCUT2D eigenvalue weighted by molar-refractivity contribution is -0.134. The lowest BCUT2D eigenvalue weighted by Crippen LogP contribution is -2.50. The molecule has 2 aliphatic heterocycles. The van der Waals surface area contributed by atoms with E-state index in [0.717, 1.165) is 48.9 Å². The first-order chi connectivity index (χ1) is 21.6. The molecular weight excluding hydrogens is 656 g/mol. The quantitative estimate of drug-likeness (QED) is 0.314. The summed E-state index contributed by atoms with van der Waals surface area (Å²) >= 11 is 3.61. The van der Waals surface area contributed by atoms with Crippen LogP contribution in [0.3, 0.4) is 0 Å². The maximum Gasteiger partial charge on any atom is 0.321 e. The highest BCUT2D eigenvalue weighted by Crippen LogP contribution is 2.37. The predicted molar refractivity (Wildman–Crippen MR) is 177 cm³/mol. The van der Waals surface area contributed by atoms with Gasteiger partial charge in [0.2, 0.25) is 5.91 Å². The van der Waals surface area contributed by atoms with E-state index in [1.807, 2.05) is 17.2 Å². The molecule has 238 valence electrons. The van der Waals surface area contributed by atoms with Crippen molar-refractivity contribution in [3.8, 4) is 5.75 Å². The molecule has 0 radical (unpaired) electrons. The fraction of sp³-hybridized carbons (Fsp3) is 0.424. The fourth-order valence-corrected chi connectivity index (χ4v) is 7.47. The number of nitrogens with two attached hydrogens (primary N) is 1. The summed E-state index contributed by atoms with van der Waals surface area (Å²) in [5.74, 6) is 0.850. The third-order valence-corrected chi connectivity index (χ3v) is 9.87. The number of carbonyl (C=O) groups excluding carboxylic acids is 1. The van der Waals surface area contributed by atoms with Gasteiger partial charge in [0.25, 0.3) is 0 Å². The van der Waals surface area contributed by atoms with Crippen LogP contribution in [0.5, 0.6) is 5.75 Å². The molecule has 2 N–H and O–H groups in total. The van der Waals surface area contributed by atoms with E-state index in [9.17, 15) is 13.2 Å². The monoisotopic (exact) mass is 694 g/mol. The highest BCUT2D eigenvalue weighted by Gasteiger charge is 2.34. The van der Waals surface area contributed by atoms with Crippen molar-refractivity contribution in [2.24, 2.45) is 15.5 Å². The Hall–Kier alpha value is -3.32. The first kappa shape index (κ1) is 31.7. The number of hydrogen-bond donors (Lipinski definition) is 1. The summed E-state index contributed by atoms with van der Waals surface area (Å²) in [6, 6.07) is 17.9. The van der Waals surface area contributed by atoms with Gasteiger partial charge in [-0.15, -0.1) is 0 Å². The third kappa shape index (κ3) is 7.74. The van der Waals surface area contributed by atoms with Crippen LogP contribution in [-0.4, -0.2) is 79.3 Å². The van der Waals surface area contributed by atoms with Crippen LogP contribution in [0.25, 0.3) is 0 Å². The Bertz CT molecular complexity index is 1620. The van der Waals surface area contributed by atoms with Crippen LogP contribution in [0.4, 0.5) is 0 Å². The SMILES string of the molecule is Cc1ccc2c(c1)CCc1cc(Br)cnc1C2N1CCN(C(=O)CC2CCN(/C(=N\S(N)(=O)=O)Oc3ccccc3)CC2)CC1. The van der Waals surface area contributed by atoms with Crippen LogP contribution in [-0.2, 0) is 27.8 Å². The van der Waals surface area contributed by atoms with Gasteiger partial charge in [0.1, 0.15) is 5.75 Å². The van der Waals surface area contributed by atoms with Gasteiger partial charge in [0, 0.05) is 56.4 Å². The number of rotatable bonds is 5. The summed E-state index contributed by atoms with van der Waals surface area (Å²) < 4.78 is 34.0. The van der Waals surface area contributed by atoms with E-state index in [-0.39, 0.29) is 23.9 Å². The molecule has 3 aromatic rings. The van der Waals surface area contributed by atoms with Crippen LogP contribution < -0.4 is 9.88 Å². The summed E-state index contributed by atoms with van der Waals surface area (Å²) in [5.41, 5.74) is 6.37. The van der Waals surface area contributed by atoms with Gasteiger partial charge >= 0.3 is 16.2 Å². The summed E-state index contributed by atoms with van der Waals surface area (Å²) in [6.45, 7) is 6.11. The molecule has 2 aromatic carbocycles. The van der Waals surface area contributed by atoms with Crippen LogP contribution in [0.1, 0.15) is 53.3 Å². The van der Waals surface area contributed by atoms with Gasteiger partial charge in [-0.25, -0.2) is 5.14 Å². The molecule has 1 unspecified atom stereocenters. The maximum absolute atomic E-state index is 13.5. The smallest absolute Gasteiger partial charge is 0.321 e. The van der Waals surface area contributed by atoms with Gasteiger partial charge in [-0.3, -0.25) is 14.7 Å². The summed E-state index contributed by atoms with van der Waals surface area (Å²) in [7, 11) is -4.14. The maximum atomic E-state index is 13.5. The normalized spacial score (nSPS) is 19.9. The van der Waals surface area contributed by atoms with Gasteiger partial charge in [-0.2, -0.15) is 8.42 Å². The highest BCUT2D eigenvalue weighted by atomic mass is 79.9. The number of nitrogens with zero attached hydrogens (tertiary/aromatic N) is 5. The molecule has 1 amide bonds. The summed E-state index contributed by atoms with van der Waals surface area (Å²) in [4.78, 5) is 24.6. The number of halogens is 1. The van der Waals surface area contributed by atoms with Gasteiger partial charge in [-0.1, -0.05) is 46.4 Å². The van der Waals surface area contributed by atoms with E-state index in [0.29, 0.717) is 38.3 Å². The Morgan fingerprint density at radius 1 is 0.978 bits per heavy atom. The number of ether oxygens (including phenoxy) is 1. The molecule has 45 heavy (non-hydrogen) atoms. The molecule has 1 aliphatic carbocycles. The van der Waals surface area contributed by atoms with Crippen LogP contribution >= 0.6 is 15.9 Å². The third-order valence-electron chi connectivity index (χ3n) is 9.02. The molecule has 2 fully saturated rings. The largest absolute Gasteiger partial charge is 0.425 e. The second kappa shape index (κ2) is 13.6. The van der Waals surface area contributed by atoms with E-state index in [1.165, 1.54) is 22.3 Å². The number of para-hydroxylation sites is 1. The number of fused-ring (bicyclic) bond motifs is 2. The minimum Gasteiger partial charge on any atom is -0.425 e. The molecule has 12 heteroatoms. The van der Waals surface area contributed by atoms with Gasteiger partial charge in [-0.05, 0) is 89.3 Å². The standard InChI is InChI=1S/C33H39BrN6O4S/c1-23-7-10-29-25(19-23)8-9-26-21-27(34)22-36-31(26)32(29)39-17-15-38(16-18-39)30(41)20-24-11-13-40(14-12-24)33(37-45(35,42)43)44-28-5-3-2-4-6-28/h2-7,10,19,21-22,24,32H,8-9,11-18,20H2,1H3,(H2,35,42,43)/b37-33+. The molecule has 1 aromatic heterocycles. The number of amides is 1. The van der Waals surface area contributed by atoms with Crippen molar-refractivity contribution < 1.29 is 17.9 Å². The van der Waals surface area contributed by atoms with E-state index in [2.05, 4.69) is 56.4 Å². The van der Waals surface area contributed by atoms with E-state index >= 15 is 0 Å². The first-order valence-electron chi connectivity index (χ1n) is 15.5. The number of benzene rings is 2.